The second-order valence-corrected chi connectivity index (χ2v) is 8.82. The van der Waals surface area contributed by atoms with E-state index in [0.29, 0.717) is 18.5 Å². The maximum Gasteiger partial charge on any atom is 0.0470 e. The van der Waals surface area contributed by atoms with Crippen LogP contribution in [0, 0.1) is 0 Å². The Morgan fingerprint density at radius 2 is 1.69 bits per heavy atom. The van der Waals surface area contributed by atoms with Crippen LogP contribution in [0.2, 0.25) is 0 Å². The summed E-state index contributed by atoms with van der Waals surface area (Å²) in [5.74, 6) is 0.392. The van der Waals surface area contributed by atoms with Crippen LogP contribution in [0.25, 0.3) is 0 Å². The lowest BCUT2D eigenvalue weighted by Gasteiger charge is -2.40. The Kier molecular flexibility index (Phi) is 5.14. The maximum atomic E-state index is 6.16. The fourth-order valence-corrected chi connectivity index (χ4v) is 3.99. The van der Waals surface area contributed by atoms with Crippen molar-refractivity contribution in [2.24, 2.45) is 5.73 Å². The van der Waals surface area contributed by atoms with Crippen LogP contribution in [0.1, 0.15) is 55.0 Å². The van der Waals surface area contributed by atoms with Gasteiger partial charge >= 0.3 is 0 Å². The molecule has 0 saturated heterocycles. The number of nitrogens with two attached hydrogens (primary N) is 1. The molecule has 3 rings (SSSR count). The zero-order valence-corrected chi connectivity index (χ0v) is 17.1. The molecule has 2 aromatic rings. The lowest BCUT2D eigenvalue weighted by Crippen LogP contribution is -2.39. The van der Waals surface area contributed by atoms with Crippen molar-refractivity contribution < 1.29 is 0 Å². The van der Waals surface area contributed by atoms with Crippen LogP contribution in [0.4, 0.5) is 5.69 Å². The minimum Gasteiger partial charge on any atom is -0.378 e. The van der Waals surface area contributed by atoms with Gasteiger partial charge in [-0.05, 0) is 46.8 Å². The monoisotopic (exact) mass is 351 g/mol. The zero-order valence-electron chi connectivity index (χ0n) is 17.1. The number of fused-ring (bicyclic) bond motifs is 1. The van der Waals surface area contributed by atoms with Crippen LogP contribution in [0.15, 0.2) is 42.5 Å². The summed E-state index contributed by atoms with van der Waals surface area (Å²) in [6.07, 6.45) is 0. The molecule has 140 valence electrons. The maximum absolute atomic E-state index is 6.16. The molecular weight excluding hydrogens is 318 g/mol. The van der Waals surface area contributed by atoms with Gasteiger partial charge in [0.25, 0.3) is 0 Å². The van der Waals surface area contributed by atoms with Crippen molar-refractivity contribution in [2.75, 3.05) is 39.1 Å². The molecule has 26 heavy (non-hydrogen) atoms. The molecule has 2 aromatic carbocycles. The van der Waals surface area contributed by atoms with E-state index in [1.165, 1.54) is 27.9 Å². The Balaban J connectivity index is 2.07. The molecule has 0 fully saturated rings. The second kappa shape index (κ2) is 7.05. The number of likely N-dealkylation sites (N-methyl/N-ethyl adjacent to an activating group) is 1. The van der Waals surface area contributed by atoms with Crippen molar-refractivity contribution in [3.05, 3.63) is 64.7 Å². The predicted octanol–water partition coefficient (Wildman–Crippen LogP) is 4.13. The van der Waals surface area contributed by atoms with Crippen LogP contribution in [-0.2, 0) is 5.41 Å². The average molecular weight is 352 g/mol. The topological polar surface area (TPSA) is 32.5 Å². The summed E-state index contributed by atoms with van der Waals surface area (Å²) in [4.78, 5) is 4.56. The van der Waals surface area contributed by atoms with E-state index in [4.69, 9.17) is 5.73 Å². The Morgan fingerprint density at radius 3 is 2.23 bits per heavy atom. The molecule has 2 unspecified atom stereocenters. The fraction of sp³-hybridized carbons (Fsp3) is 0.478. The van der Waals surface area contributed by atoms with E-state index in [1.54, 1.807) is 0 Å². The van der Waals surface area contributed by atoms with Gasteiger partial charge in [-0.2, -0.15) is 0 Å². The Labute approximate surface area is 158 Å². The van der Waals surface area contributed by atoms with Crippen LogP contribution >= 0.6 is 0 Å². The first-order chi connectivity index (χ1) is 12.2. The van der Waals surface area contributed by atoms with Crippen LogP contribution in [0.3, 0.4) is 0 Å². The number of nitrogens with zero attached hydrogens (tertiary/aromatic N) is 2. The highest BCUT2D eigenvalue weighted by molar-refractivity contribution is 5.50. The summed E-state index contributed by atoms with van der Waals surface area (Å²) in [6, 6.07) is 16.3. The summed E-state index contributed by atoms with van der Waals surface area (Å²) >= 11 is 0. The van der Waals surface area contributed by atoms with Crippen molar-refractivity contribution in [3.63, 3.8) is 0 Å². The van der Waals surface area contributed by atoms with Gasteiger partial charge in [-0.3, -0.25) is 4.90 Å². The summed E-state index contributed by atoms with van der Waals surface area (Å²) in [5, 5.41) is 0. The van der Waals surface area contributed by atoms with Gasteiger partial charge in [0, 0.05) is 44.8 Å². The molecule has 0 aliphatic carbocycles. The summed E-state index contributed by atoms with van der Waals surface area (Å²) in [7, 11) is 6.36. The highest BCUT2D eigenvalue weighted by Gasteiger charge is 2.32. The van der Waals surface area contributed by atoms with E-state index < -0.39 is 0 Å². The molecule has 0 amide bonds. The lowest BCUT2D eigenvalue weighted by atomic mass is 9.77. The summed E-state index contributed by atoms with van der Waals surface area (Å²) < 4.78 is 0. The van der Waals surface area contributed by atoms with Crippen LogP contribution < -0.4 is 10.6 Å². The van der Waals surface area contributed by atoms with Gasteiger partial charge in [0.15, 0.2) is 0 Å². The van der Waals surface area contributed by atoms with Crippen molar-refractivity contribution >= 4 is 5.69 Å². The molecule has 2 atom stereocenters. The SMILES string of the molecule is CN(C)c1ccc(C2CN(C)C(CN)c3cc(C(C)(C)C)ccc32)cc1. The number of rotatable bonds is 3. The van der Waals surface area contributed by atoms with Crippen molar-refractivity contribution in [3.8, 4) is 0 Å². The second-order valence-electron chi connectivity index (χ2n) is 8.82. The number of hydrogen-bond donors (Lipinski definition) is 1. The average Bonchev–Trinajstić information content (AvgIpc) is 2.60. The molecule has 2 N–H and O–H groups in total. The van der Waals surface area contributed by atoms with Gasteiger partial charge in [0.1, 0.15) is 0 Å². The Morgan fingerprint density at radius 1 is 1.04 bits per heavy atom. The zero-order chi connectivity index (χ0) is 19.1. The number of anilines is 1. The third-order valence-corrected chi connectivity index (χ3v) is 5.72. The first kappa shape index (κ1) is 18.9. The van der Waals surface area contributed by atoms with E-state index in [2.05, 4.69) is 94.2 Å². The smallest absolute Gasteiger partial charge is 0.0470 e. The van der Waals surface area contributed by atoms with Gasteiger partial charge in [-0.1, -0.05) is 51.1 Å². The molecule has 0 radical (unpaired) electrons. The molecule has 0 saturated carbocycles. The number of benzene rings is 2. The van der Waals surface area contributed by atoms with Gasteiger partial charge in [-0.25, -0.2) is 0 Å². The highest BCUT2D eigenvalue weighted by Crippen LogP contribution is 2.40. The molecule has 3 heteroatoms. The molecular formula is C23H33N3. The lowest BCUT2D eigenvalue weighted by molar-refractivity contribution is 0.223. The van der Waals surface area contributed by atoms with E-state index in [1.807, 2.05) is 0 Å². The molecule has 0 aromatic heterocycles. The largest absolute Gasteiger partial charge is 0.378 e. The normalized spacial score (nSPS) is 20.7. The van der Waals surface area contributed by atoms with Gasteiger partial charge < -0.3 is 10.6 Å². The van der Waals surface area contributed by atoms with Crippen LogP contribution in [-0.4, -0.2) is 39.1 Å². The van der Waals surface area contributed by atoms with E-state index in [0.717, 1.165) is 6.54 Å². The molecule has 1 aliphatic rings. The predicted molar refractivity (Wildman–Crippen MR) is 112 cm³/mol. The van der Waals surface area contributed by atoms with Gasteiger partial charge in [0.2, 0.25) is 0 Å². The first-order valence-corrected chi connectivity index (χ1v) is 9.54. The molecule has 0 bridgehead atoms. The van der Waals surface area contributed by atoms with Gasteiger partial charge in [-0.15, -0.1) is 0 Å². The standard InChI is InChI=1S/C23H33N3/c1-23(2,3)17-9-12-19-20(13-17)22(14-24)26(6)15-21(19)16-7-10-18(11-8-16)25(4)5/h7-13,21-22H,14-15,24H2,1-6H3. The third kappa shape index (κ3) is 3.51. The quantitative estimate of drug-likeness (QED) is 0.902. The van der Waals surface area contributed by atoms with Crippen LogP contribution in [0.5, 0.6) is 0 Å². The summed E-state index contributed by atoms with van der Waals surface area (Å²) in [6.45, 7) is 8.48. The highest BCUT2D eigenvalue weighted by atomic mass is 15.1. The molecule has 3 nitrogen and oxygen atoms in total. The first-order valence-electron chi connectivity index (χ1n) is 9.54. The van der Waals surface area contributed by atoms with E-state index in [-0.39, 0.29) is 5.41 Å². The van der Waals surface area contributed by atoms with Crippen molar-refractivity contribution in [1.29, 1.82) is 0 Å². The Hall–Kier alpha value is -1.84. The van der Waals surface area contributed by atoms with E-state index >= 15 is 0 Å². The Bertz CT molecular complexity index is 756. The molecule has 1 aliphatic heterocycles. The van der Waals surface area contributed by atoms with E-state index in [9.17, 15) is 0 Å². The minimum absolute atomic E-state index is 0.146. The summed E-state index contributed by atoms with van der Waals surface area (Å²) in [5.41, 5.74) is 13.1. The fourth-order valence-electron chi connectivity index (χ4n) is 3.99. The van der Waals surface area contributed by atoms with Crippen molar-refractivity contribution in [1.82, 2.24) is 4.90 Å². The minimum atomic E-state index is 0.146. The van der Waals surface area contributed by atoms with Crippen molar-refractivity contribution in [2.45, 2.75) is 38.1 Å². The van der Waals surface area contributed by atoms with Gasteiger partial charge in [0.05, 0.1) is 0 Å². The number of hydrogen-bond acceptors (Lipinski definition) is 3. The third-order valence-electron chi connectivity index (χ3n) is 5.72. The molecule has 0 spiro atoms. The molecule has 1 heterocycles.